The van der Waals surface area contributed by atoms with Crippen molar-refractivity contribution in [2.45, 2.75) is 27.7 Å². The Bertz CT molecular complexity index is 1050. The summed E-state index contributed by atoms with van der Waals surface area (Å²) in [5.74, 6) is -4.75. The van der Waals surface area contributed by atoms with Gasteiger partial charge >= 0.3 is 11.9 Å². The van der Waals surface area contributed by atoms with E-state index in [4.69, 9.17) is 9.47 Å². The summed E-state index contributed by atoms with van der Waals surface area (Å²) in [7, 11) is 0. The van der Waals surface area contributed by atoms with Gasteiger partial charge in [-0.05, 0) is 0 Å². The number of rotatable bonds is 4. The van der Waals surface area contributed by atoms with E-state index in [9.17, 15) is 24.3 Å². The minimum absolute atomic E-state index is 0.105. The van der Waals surface area contributed by atoms with E-state index >= 15 is 0 Å². The normalized spacial score (nSPS) is 12.6. The van der Waals surface area contributed by atoms with Crippen molar-refractivity contribution < 1.29 is 33.8 Å². The number of benzene rings is 2. The van der Waals surface area contributed by atoms with Gasteiger partial charge in [-0.3, -0.25) is 19.2 Å². The average Bonchev–Trinajstić information content (AvgIpc) is 2.68. The molecule has 0 radical (unpaired) electrons. The molecule has 0 unspecified atom stereocenters. The van der Waals surface area contributed by atoms with E-state index < -0.39 is 41.1 Å². The Morgan fingerprint density at radius 2 is 1.24 bits per heavy atom. The number of hydrogen-bond donors (Lipinski definition) is 1. The summed E-state index contributed by atoms with van der Waals surface area (Å²) in [5, 5.41) is 10.7. The molecule has 2 aromatic carbocycles. The number of ketones is 2. The molecule has 7 heteroatoms. The number of aromatic hydroxyl groups is 1. The van der Waals surface area contributed by atoms with Gasteiger partial charge in [-0.2, -0.15) is 0 Å². The molecule has 0 atom stereocenters. The van der Waals surface area contributed by atoms with Crippen LogP contribution >= 0.6 is 0 Å². The zero-order valence-corrected chi connectivity index (χ0v) is 16.4. The Morgan fingerprint density at radius 1 is 0.793 bits per heavy atom. The van der Waals surface area contributed by atoms with Crippen molar-refractivity contribution in [1.82, 2.24) is 0 Å². The number of phenolic OH excluding ortho intramolecular Hbond substituents is 1. The van der Waals surface area contributed by atoms with Gasteiger partial charge in [-0.15, -0.1) is 0 Å². The predicted octanol–water partition coefficient (Wildman–Crippen LogP) is 3.29. The molecule has 0 amide bonds. The molecule has 0 saturated carbocycles. The first-order valence-electron chi connectivity index (χ1n) is 9.15. The van der Waals surface area contributed by atoms with Crippen LogP contribution in [0.4, 0.5) is 0 Å². The van der Waals surface area contributed by atoms with Gasteiger partial charge in [0.1, 0.15) is 5.75 Å². The van der Waals surface area contributed by atoms with Crippen molar-refractivity contribution in [3.8, 4) is 17.2 Å². The van der Waals surface area contributed by atoms with Gasteiger partial charge in [0.2, 0.25) is 0 Å². The third-order valence-corrected chi connectivity index (χ3v) is 4.46. The van der Waals surface area contributed by atoms with Crippen LogP contribution in [0.25, 0.3) is 0 Å². The second-order valence-electron chi connectivity index (χ2n) is 7.33. The zero-order valence-electron chi connectivity index (χ0n) is 16.4. The highest BCUT2D eigenvalue weighted by Crippen LogP contribution is 2.44. The van der Waals surface area contributed by atoms with Gasteiger partial charge < -0.3 is 14.6 Å². The molecule has 0 heterocycles. The van der Waals surface area contributed by atoms with Crippen LogP contribution in [0.1, 0.15) is 59.5 Å². The van der Waals surface area contributed by atoms with Gasteiger partial charge in [-0.1, -0.05) is 52.0 Å². The van der Waals surface area contributed by atoms with E-state index in [0.717, 1.165) is 6.07 Å². The van der Waals surface area contributed by atoms with Gasteiger partial charge in [0.05, 0.1) is 23.0 Å². The van der Waals surface area contributed by atoms with E-state index in [1.54, 1.807) is 39.8 Å². The van der Waals surface area contributed by atoms with Crippen molar-refractivity contribution in [3.05, 3.63) is 52.6 Å². The standard InChI is InChI=1S/C22H20O7/c1-10(2)21(26)28-14-9-15(29-22(27)11(3)4)20(25)17-16(14)18(23)12-7-5-6-8-13(12)19(17)24/h5-11,25H,1-4H3. The van der Waals surface area contributed by atoms with Crippen LogP contribution in [0.15, 0.2) is 30.3 Å². The van der Waals surface area contributed by atoms with Crippen molar-refractivity contribution in [2.75, 3.05) is 0 Å². The molecule has 29 heavy (non-hydrogen) atoms. The number of fused-ring (bicyclic) bond motifs is 2. The predicted molar refractivity (Wildman–Crippen MR) is 102 cm³/mol. The van der Waals surface area contributed by atoms with E-state index in [0.29, 0.717) is 0 Å². The number of carbonyl (C=O) groups is 4. The highest BCUT2D eigenvalue weighted by molar-refractivity contribution is 6.30. The van der Waals surface area contributed by atoms with Crippen LogP contribution < -0.4 is 9.47 Å². The monoisotopic (exact) mass is 396 g/mol. The molecule has 0 fully saturated rings. The van der Waals surface area contributed by atoms with Gasteiger partial charge in [0.25, 0.3) is 0 Å². The molecule has 1 aliphatic rings. The summed E-state index contributed by atoms with van der Waals surface area (Å²) in [6.07, 6.45) is 0. The lowest BCUT2D eigenvalue weighted by Crippen LogP contribution is -2.25. The Kier molecular flexibility index (Phi) is 5.24. The molecule has 150 valence electrons. The minimum atomic E-state index is -0.656. The molecular weight excluding hydrogens is 376 g/mol. The maximum Gasteiger partial charge on any atom is 0.313 e. The third kappa shape index (κ3) is 3.51. The zero-order chi connectivity index (χ0) is 21.5. The number of hydrogen-bond acceptors (Lipinski definition) is 7. The first kappa shape index (κ1) is 20.3. The van der Waals surface area contributed by atoms with Crippen molar-refractivity contribution in [2.24, 2.45) is 11.8 Å². The van der Waals surface area contributed by atoms with Gasteiger partial charge in [-0.25, -0.2) is 0 Å². The Balaban J connectivity index is 2.25. The van der Waals surface area contributed by atoms with E-state index in [-0.39, 0.29) is 33.8 Å². The summed E-state index contributed by atoms with van der Waals surface area (Å²) in [5.41, 5.74) is -0.342. The van der Waals surface area contributed by atoms with E-state index in [1.807, 2.05) is 0 Å². The fourth-order valence-corrected chi connectivity index (χ4v) is 2.83. The van der Waals surface area contributed by atoms with Crippen molar-refractivity contribution in [1.29, 1.82) is 0 Å². The van der Waals surface area contributed by atoms with Crippen molar-refractivity contribution in [3.63, 3.8) is 0 Å². The van der Waals surface area contributed by atoms with Crippen LogP contribution in [0.5, 0.6) is 17.2 Å². The minimum Gasteiger partial charge on any atom is -0.504 e. The molecule has 0 aliphatic heterocycles. The van der Waals surface area contributed by atoms with Crippen LogP contribution in [0, 0.1) is 11.8 Å². The molecule has 0 spiro atoms. The summed E-state index contributed by atoms with van der Waals surface area (Å²) < 4.78 is 10.5. The second kappa shape index (κ2) is 7.50. The largest absolute Gasteiger partial charge is 0.504 e. The molecule has 0 bridgehead atoms. The Hall–Kier alpha value is -3.48. The third-order valence-electron chi connectivity index (χ3n) is 4.46. The molecular formula is C22H20O7. The van der Waals surface area contributed by atoms with Crippen LogP contribution in [-0.4, -0.2) is 28.6 Å². The number of ether oxygens (including phenoxy) is 2. The molecule has 2 aromatic rings. The average molecular weight is 396 g/mol. The topological polar surface area (TPSA) is 107 Å². The lowest BCUT2D eigenvalue weighted by atomic mass is 9.83. The number of carbonyl (C=O) groups excluding carboxylic acids is 4. The van der Waals surface area contributed by atoms with Crippen LogP contribution in [-0.2, 0) is 9.59 Å². The maximum atomic E-state index is 13.1. The van der Waals surface area contributed by atoms with E-state index in [1.165, 1.54) is 12.1 Å². The molecule has 0 saturated heterocycles. The molecule has 1 N–H and O–H groups in total. The lowest BCUT2D eigenvalue weighted by molar-refractivity contribution is -0.138. The fraction of sp³-hybridized carbons (Fsp3) is 0.273. The van der Waals surface area contributed by atoms with Crippen LogP contribution in [0.2, 0.25) is 0 Å². The summed E-state index contributed by atoms with van der Waals surface area (Å²) in [4.78, 5) is 50.3. The maximum absolute atomic E-state index is 13.1. The number of esters is 2. The van der Waals surface area contributed by atoms with Gasteiger partial charge in [0, 0.05) is 17.2 Å². The first-order valence-corrected chi connectivity index (χ1v) is 9.15. The first-order chi connectivity index (χ1) is 13.6. The molecule has 1 aliphatic carbocycles. The smallest absolute Gasteiger partial charge is 0.313 e. The number of phenols is 1. The molecule has 3 rings (SSSR count). The highest BCUT2D eigenvalue weighted by atomic mass is 16.6. The Morgan fingerprint density at radius 3 is 1.72 bits per heavy atom. The fourth-order valence-electron chi connectivity index (χ4n) is 2.83. The van der Waals surface area contributed by atoms with Crippen molar-refractivity contribution >= 4 is 23.5 Å². The SMILES string of the molecule is CC(C)C(=O)Oc1cc(OC(=O)C(C)C)c2c(c1O)C(=O)c1ccccc1C2=O. The second-order valence-corrected chi connectivity index (χ2v) is 7.33. The summed E-state index contributed by atoms with van der Waals surface area (Å²) in [6, 6.07) is 7.23. The summed E-state index contributed by atoms with van der Waals surface area (Å²) >= 11 is 0. The molecule has 7 nitrogen and oxygen atoms in total. The van der Waals surface area contributed by atoms with Gasteiger partial charge in [0.15, 0.2) is 23.1 Å². The highest BCUT2D eigenvalue weighted by Gasteiger charge is 2.37. The van der Waals surface area contributed by atoms with E-state index in [2.05, 4.69) is 0 Å². The summed E-state index contributed by atoms with van der Waals surface area (Å²) in [6.45, 7) is 6.42. The quantitative estimate of drug-likeness (QED) is 0.533. The molecule has 0 aromatic heterocycles. The lowest BCUT2D eigenvalue weighted by Gasteiger charge is -2.22. The Labute approximate surface area is 167 Å². The van der Waals surface area contributed by atoms with Crippen LogP contribution in [0.3, 0.4) is 0 Å².